The molecule has 0 atom stereocenters. The molecular weight excluding hydrogens is 290 g/mol. The molecule has 1 aromatic heterocycles. The Labute approximate surface area is 133 Å². The number of hydrogen-bond acceptors (Lipinski definition) is 2. The molecule has 1 amide bonds. The van der Waals surface area contributed by atoms with Crippen LogP contribution in [0.25, 0.3) is 11.0 Å². The summed E-state index contributed by atoms with van der Waals surface area (Å²) >= 11 is 0. The standard InChI is InChI=1S/C17H17N5O/c1-11-7-8-13-14(9-11)20-17(19-13)22-16(18)21-15(23)10-12-5-3-2-4-6-12/h2-9H,10H2,1H3,(H4,18,19,20,21,22,23). The average molecular weight is 307 g/mol. The van der Waals surface area contributed by atoms with Crippen molar-refractivity contribution in [3.05, 3.63) is 59.7 Å². The zero-order chi connectivity index (χ0) is 16.2. The number of nitrogens with one attached hydrogen (secondary N) is 2. The number of aliphatic imine (C=N–C) groups is 1. The first kappa shape index (κ1) is 14.8. The second-order valence-corrected chi connectivity index (χ2v) is 5.28. The first-order valence-electron chi connectivity index (χ1n) is 7.24. The molecule has 0 aliphatic rings. The number of benzene rings is 2. The second-order valence-electron chi connectivity index (χ2n) is 5.28. The maximum atomic E-state index is 11.9. The minimum Gasteiger partial charge on any atom is -0.369 e. The average Bonchev–Trinajstić information content (AvgIpc) is 2.89. The monoisotopic (exact) mass is 307 g/mol. The Hall–Kier alpha value is -3.15. The quantitative estimate of drug-likeness (QED) is 0.511. The summed E-state index contributed by atoms with van der Waals surface area (Å²) in [5, 5.41) is 2.81. The van der Waals surface area contributed by atoms with Gasteiger partial charge in [0.15, 0.2) is 0 Å². The van der Waals surface area contributed by atoms with Crippen LogP contribution in [0.15, 0.2) is 53.5 Å². The number of carbonyl (C=O) groups is 1. The molecule has 4 N–H and O–H groups in total. The van der Waals surface area contributed by atoms with Crippen LogP contribution in [-0.4, -0.2) is 21.8 Å². The van der Waals surface area contributed by atoms with E-state index in [1.54, 1.807) is 0 Å². The van der Waals surface area contributed by atoms with Crippen LogP contribution in [0.1, 0.15) is 11.1 Å². The fourth-order valence-electron chi connectivity index (χ4n) is 2.28. The van der Waals surface area contributed by atoms with E-state index in [4.69, 9.17) is 5.73 Å². The van der Waals surface area contributed by atoms with Gasteiger partial charge in [-0.2, -0.15) is 4.99 Å². The number of anilines is 1. The van der Waals surface area contributed by atoms with Gasteiger partial charge in [-0.3, -0.25) is 10.1 Å². The largest absolute Gasteiger partial charge is 0.369 e. The Morgan fingerprint density at radius 2 is 2.04 bits per heavy atom. The Kier molecular flexibility index (Phi) is 4.05. The summed E-state index contributed by atoms with van der Waals surface area (Å²) < 4.78 is 0. The van der Waals surface area contributed by atoms with Crippen molar-refractivity contribution in [1.29, 1.82) is 0 Å². The van der Waals surface area contributed by atoms with Crippen molar-refractivity contribution >= 4 is 28.8 Å². The van der Waals surface area contributed by atoms with Crippen LogP contribution in [0.5, 0.6) is 0 Å². The first-order valence-corrected chi connectivity index (χ1v) is 7.24. The number of rotatable bonds is 3. The highest BCUT2D eigenvalue weighted by Crippen LogP contribution is 2.15. The number of fused-ring (bicyclic) bond motifs is 1. The molecule has 1 heterocycles. The van der Waals surface area contributed by atoms with Crippen molar-refractivity contribution in [2.45, 2.75) is 13.3 Å². The third-order valence-electron chi connectivity index (χ3n) is 3.33. The van der Waals surface area contributed by atoms with Gasteiger partial charge in [-0.05, 0) is 30.2 Å². The Balaban J connectivity index is 1.69. The third kappa shape index (κ3) is 3.74. The van der Waals surface area contributed by atoms with E-state index in [-0.39, 0.29) is 18.3 Å². The molecule has 0 fully saturated rings. The van der Waals surface area contributed by atoms with Crippen molar-refractivity contribution < 1.29 is 4.79 Å². The maximum Gasteiger partial charge on any atom is 0.253 e. The lowest BCUT2D eigenvalue weighted by Crippen LogP contribution is -2.25. The number of H-pyrrole nitrogens is 1. The number of hydrogen-bond donors (Lipinski definition) is 3. The summed E-state index contributed by atoms with van der Waals surface area (Å²) in [4.78, 5) is 23.2. The van der Waals surface area contributed by atoms with Gasteiger partial charge in [0.25, 0.3) is 5.91 Å². The first-order chi connectivity index (χ1) is 11.1. The topological polar surface area (TPSA) is 96.2 Å². The van der Waals surface area contributed by atoms with Gasteiger partial charge < -0.3 is 10.7 Å². The van der Waals surface area contributed by atoms with Crippen molar-refractivity contribution in [2.75, 3.05) is 5.32 Å². The molecule has 0 aliphatic carbocycles. The van der Waals surface area contributed by atoms with E-state index in [1.165, 1.54) is 0 Å². The summed E-state index contributed by atoms with van der Waals surface area (Å²) in [6, 6.07) is 15.3. The van der Waals surface area contributed by atoms with Gasteiger partial charge >= 0.3 is 0 Å². The predicted molar refractivity (Wildman–Crippen MR) is 91.2 cm³/mol. The van der Waals surface area contributed by atoms with E-state index in [0.29, 0.717) is 5.95 Å². The minimum atomic E-state index is -0.312. The van der Waals surface area contributed by atoms with Crippen LogP contribution < -0.4 is 11.1 Å². The van der Waals surface area contributed by atoms with Crippen molar-refractivity contribution in [2.24, 2.45) is 10.7 Å². The van der Waals surface area contributed by atoms with Gasteiger partial charge in [-0.1, -0.05) is 36.4 Å². The fourth-order valence-corrected chi connectivity index (χ4v) is 2.28. The zero-order valence-electron chi connectivity index (χ0n) is 12.7. The van der Waals surface area contributed by atoms with Crippen LogP contribution >= 0.6 is 0 Å². The van der Waals surface area contributed by atoms with Crippen LogP contribution in [0, 0.1) is 6.92 Å². The number of nitrogens with zero attached hydrogens (tertiary/aromatic N) is 2. The van der Waals surface area contributed by atoms with Gasteiger partial charge in [0.1, 0.15) is 0 Å². The minimum absolute atomic E-state index is 0.0155. The summed E-state index contributed by atoms with van der Waals surface area (Å²) in [5.41, 5.74) is 9.52. The Morgan fingerprint density at radius 3 is 2.83 bits per heavy atom. The molecule has 3 rings (SSSR count). The van der Waals surface area contributed by atoms with E-state index >= 15 is 0 Å². The van der Waals surface area contributed by atoms with E-state index in [1.807, 2.05) is 55.5 Å². The van der Waals surface area contributed by atoms with Gasteiger partial charge in [-0.25, -0.2) is 4.98 Å². The third-order valence-corrected chi connectivity index (χ3v) is 3.33. The molecule has 6 heteroatoms. The summed E-state index contributed by atoms with van der Waals surface area (Å²) in [7, 11) is 0. The molecule has 23 heavy (non-hydrogen) atoms. The summed E-state index contributed by atoms with van der Waals surface area (Å²) in [6.07, 6.45) is 0.211. The molecule has 0 spiro atoms. The van der Waals surface area contributed by atoms with E-state index in [9.17, 15) is 4.79 Å². The van der Waals surface area contributed by atoms with Crippen LogP contribution in [0.3, 0.4) is 0 Å². The van der Waals surface area contributed by atoms with Crippen molar-refractivity contribution in [3.63, 3.8) is 0 Å². The molecule has 0 aliphatic heterocycles. The lowest BCUT2D eigenvalue weighted by atomic mass is 10.1. The summed E-state index contributed by atoms with van der Waals surface area (Å²) in [5.74, 6) is 0.161. The highest BCUT2D eigenvalue weighted by Gasteiger charge is 2.06. The zero-order valence-corrected chi connectivity index (χ0v) is 12.7. The van der Waals surface area contributed by atoms with Gasteiger partial charge in [0, 0.05) is 0 Å². The number of aromatic amines is 1. The Morgan fingerprint density at radius 1 is 1.26 bits per heavy atom. The van der Waals surface area contributed by atoms with Gasteiger partial charge in [-0.15, -0.1) is 0 Å². The number of aromatic nitrogens is 2. The highest BCUT2D eigenvalue weighted by molar-refractivity contribution is 6.00. The molecule has 3 aromatic rings. The van der Waals surface area contributed by atoms with Gasteiger partial charge in [0.05, 0.1) is 17.5 Å². The second kappa shape index (κ2) is 6.31. The maximum absolute atomic E-state index is 11.9. The van der Waals surface area contributed by atoms with E-state index in [2.05, 4.69) is 20.3 Å². The Bertz CT molecular complexity index is 867. The molecule has 0 radical (unpaired) electrons. The molecule has 6 nitrogen and oxygen atoms in total. The molecule has 0 bridgehead atoms. The van der Waals surface area contributed by atoms with Crippen molar-refractivity contribution in [1.82, 2.24) is 9.97 Å². The molecular formula is C17H17N5O. The number of carbonyl (C=O) groups excluding carboxylic acids is 1. The number of imidazole rings is 1. The lowest BCUT2D eigenvalue weighted by Gasteiger charge is -2.01. The SMILES string of the molecule is Cc1ccc2nc(N/C(N)=N\C(=O)Cc3ccccc3)[nH]c2c1. The molecule has 0 saturated heterocycles. The van der Waals surface area contributed by atoms with Crippen LogP contribution in [0.4, 0.5) is 5.95 Å². The van der Waals surface area contributed by atoms with Crippen molar-refractivity contribution in [3.8, 4) is 0 Å². The molecule has 116 valence electrons. The number of guanidine groups is 1. The molecule has 0 saturated carbocycles. The smallest absolute Gasteiger partial charge is 0.253 e. The molecule has 2 aromatic carbocycles. The molecule has 0 unspecified atom stereocenters. The van der Waals surface area contributed by atoms with Crippen LogP contribution in [0.2, 0.25) is 0 Å². The lowest BCUT2D eigenvalue weighted by molar-refractivity contribution is -0.117. The van der Waals surface area contributed by atoms with Gasteiger partial charge in [0.2, 0.25) is 11.9 Å². The summed E-state index contributed by atoms with van der Waals surface area (Å²) in [6.45, 7) is 2.01. The van der Waals surface area contributed by atoms with E-state index < -0.39 is 0 Å². The number of amides is 1. The predicted octanol–water partition coefficient (Wildman–Crippen LogP) is 2.37. The van der Waals surface area contributed by atoms with Crippen LogP contribution in [-0.2, 0) is 11.2 Å². The normalized spacial score (nSPS) is 11.6. The number of aryl methyl sites for hydroxylation is 1. The number of nitrogens with two attached hydrogens (primary N) is 1. The fraction of sp³-hybridized carbons (Fsp3) is 0.118. The highest BCUT2D eigenvalue weighted by atomic mass is 16.1. The van der Waals surface area contributed by atoms with E-state index in [0.717, 1.165) is 22.2 Å².